The van der Waals surface area contributed by atoms with Gasteiger partial charge in [-0.3, -0.25) is 4.98 Å². The number of nitrogens with zero attached hydrogens (tertiary/aromatic N) is 1. The lowest BCUT2D eigenvalue weighted by Gasteiger charge is -2.21. The number of nitrogens with one attached hydrogen (secondary N) is 1. The van der Waals surface area contributed by atoms with Crippen molar-refractivity contribution >= 4 is 23.4 Å². The van der Waals surface area contributed by atoms with Gasteiger partial charge in [0.25, 0.3) is 0 Å². The van der Waals surface area contributed by atoms with E-state index in [-0.39, 0.29) is 6.42 Å². The number of hydrogen-bond donors (Lipinski definition) is 2. The second-order valence-electron chi connectivity index (χ2n) is 4.71. The zero-order valence-corrected chi connectivity index (χ0v) is 11.3. The maximum Gasteiger partial charge on any atom is 0.408 e. The first kappa shape index (κ1) is 14.4. The Morgan fingerprint density at radius 3 is 2.67 bits per heavy atom. The highest BCUT2D eigenvalue weighted by atomic mass is 32.1. The molecule has 1 atom stereocenters. The van der Waals surface area contributed by atoms with Crippen LogP contribution < -0.4 is 5.32 Å². The van der Waals surface area contributed by atoms with Crippen molar-refractivity contribution in [3.63, 3.8) is 0 Å². The van der Waals surface area contributed by atoms with E-state index in [1.54, 1.807) is 32.5 Å². The molecule has 0 saturated heterocycles. The quantitative estimate of drug-likeness (QED) is 0.870. The van der Waals surface area contributed by atoms with Crippen molar-refractivity contribution in [1.29, 1.82) is 0 Å². The molecule has 2 N–H and O–H groups in total. The third kappa shape index (κ3) is 5.13. The Labute approximate surface area is 109 Å². The number of carbonyl (C=O) groups excluding carboxylic acids is 1. The Bertz CT molecular complexity index is 411. The summed E-state index contributed by atoms with van der Waals surface area (Å²) < 4.78 is 5.01. The van der Waals surface area contributed by atoms with E-state index in [0.717, 1.165) is 4.88 Å². The van der Waals surface area contributed by atoms with Crippen LogP contribution in [-0.4, -0.2) is 33.8 Å². The summed E-state index contributed by atoms with van der Waals surface area (Å²) in [6.07, 6.45) is 1.04. The van der Waals surface area contributed by atoms with Crippen molar-refractivity contribution in [3.8, 4) is 0 Å². The maximum atomic E-state index is 11.5. The standard InChI is InChI=1S/C11H16N2O4S/c1-11(2,3)17-10(16)13-8(9(14)15)4-7-5-12-6-18-7/h5-6,8H,4H2,1-3H3,(H,13,16)(H,14,15)/t8-/m1/s1. The third-order valence-corrected chi connectivity index (χ3v) is 2.68. The van der Waals surface area contributed by atoms with Gasteiger partial charge in [-0.2, -0.15) is 0 Å². The lowest BCUT2D eigenvalue weighted by molar-refractivity contribution is -0.139. The van der Waals surface area contributed by atoms with E-state index in [0.29, 0.717) is 0 Å². The number of rotatable bonds is 4. The zero-order valence-electron chi connectivity index (χ0n) is 10.5. The molecule has 0 unspecified atom stereocenters. The van der Waals surface area contributed by atoms with Crippen LogP contribution in [0.2, 0.25) is 0 Å². The highest BCUT2D eigenvalue weighted by molar-refractivity contribution is 7.09. The Morgan fingerprint density at radius 2 is 2.22 bits per heavy atom. The van der Waals surface area contributed by atoms with Gasteiger partial charge in [0.15, 0.2) is 0 Å². The van der Waals surface area contributed by atoms with Gasteiger partial charge in [-0.15, -0.1) is 11.3 Å². The molecule has 1 amide bonds. The van der Waals surface area contributed by atoms with Crippen LogP contribution >= 0.6 is 11.3 Å². The van der Waals surface area contributed by atoms with Crippen molar-refractivity contribution in [1.82, 2.24) is 10.3 Å². The molecule has 0 saturated carbocycles. The monoisotopic (exact) mass is 272 g/mol. The molecular weight excluding hydrogens is 256 g/mol. The normalized spacial score (nSPS) is 12.8. The molecule has 1 aromatic rings. The van der Waals surface area contributed by atoms with Gasteiger partial charge in [-0.05, 0) is 20.8 Å². The minimum absolute atomic E-state index is 0.194. The lowest BCUT2D eigenvalue weighted by atomic mass is 10.2. The van der Waals surface area contributed by atoms with Gasteiger partial charge in [0.1, 0.15) is 11.6 Å². The van der Waals surface area contributed by atoms with E-state index in [2.05, 4.69) is 10.3 Å². The number of hydrogen-bond acceptors (Lipinski definition) is 5. The number of amides is 1. The second kappa shape index (κ2) is 5.81. The summed E-state index contributed by atoms with van der Waals surface area (Å²) in [6.45, 7) is 5.14. The molecule has 7 heteroatoms. The summed E-state index contributed by atoms with van der Waals surface area (Å²) in [4.78, 5) is 27.2. The molecule has 1 aromatic heterocycles. The van der Waals surface area contributed by atoms with Crippen LogP contribution in [-0.2, 0) is 16.0 Å². The topological polar surface area (TPSA) is 88.5 Å². The molecule has 6 nitrogen and oxygen atoms in total. The fourth-order valence-electron chi connectivity index (χ4n) is 1.19. The van der Waals surface area contributed by atoms with Gasteiger partial charge in [0.2, 0.25) is 0 Å². The minimum Gasteiger partial charge on any atom is -0.480 e. The summed E-state index contributed by atoms with van der Waals surface area (Å²) in [5.74, 6) is -1.10. The Hall–Kier alpha value is -1.63. The van der Waals surface area contributed by atoms with Crippen molar-refractivity contribution in [2.45, 2.75) is 38.8 Å². The number of carbonyl (C=O) groups is 2. The van der Waals surface area contributed by atoms with Gasteiger partial charge in [0, 0.05) is 17.5 Å². The number of carboxylic acids is 1. The summed E-state index contributed by atoms with van der Waals surface area (Å²) in [5, 5.41) is 11.4. The molecule has 0 aliphatic carbocycles. The average Bonchev–Trinajstić information content (AvgIpc) is 2.66. The predicted molar refractivity (Wildman–Crippen MR) is 66.6 cm³/mol. The Balaban J connectivity index is 2.58. The first-order valence-electron chi connectivity index (χ1n) is 5.37. The summed E-state index contributed by atoms with van der Waals surface area (Å²) in [7, 11) is 0. The van der Waals surface area contributed by atoms with Crippen LogP contribution in [0.15, 0.2) is 11.7 Å². The van der Waals surface area contributed by atoms with E-state index in [4.69, 9.17) is 9.84 Å². The van der Waals surface area contributed by atoms with E-state index in [1.165, 1.54) is 11.3 Å². The van der Waals surface area contributed by atoms with E-state index < -0.39 is 23.7 Å². The van der Waals surface area contributed by atoms with Gasteiger partial charge < -0.3 is 15.2 Å². The molecule has 18 heavy (non-hydrogen) atoms. The molecule has 100 valence electrons. The summed E-state index contributed by atoms with van der Waals surface area (Å²) in [6, 6.07) is -1.01. The predicted octanol–water partition coefficient (Wildman–Crippen LogP) is 1.66. The molecule has 0 bridgehead atoms. The number of ether oxygens (including phenoxy) is 1. The molecule has 0 aromatic carbocycles. The molecule has 0 fully saturated rings. The average molecular weight is 272 g/mol. The second-order valence-corrected chi connectivity index (χ2v) is 5.68. The molecule has 0 aliphatic heterocycles. The zero-order chi connectivity index (χ0) is 13.8. The fraction of sp³-hybridized carbons (Fsp3) is 0.545. The fourth-order valence-corrected chi connectivity index (χ4v) is 1.84. The van der Waals surface area contributed by atoms with Gasteiger partial charge in [-0.1, -0.05) is 0 Å². The van der Waals surface area contributed by atoms with E-state index >= 15 is 0 Å². The van der Waals surface area contributed by atoms with Crippen LogP contribution in [0.5, 0.6) is 0 Å². The Morgan fingerprint density at radius 1 is 1.56 bits per heavy atom. The smallest absolute Gasteiger partial charge is 0.408 e. The third-order valence-electron chi connectivity index (χ3n) is 1.88. The Kier molecular flexibility index (Phi) is 4.66. The minimum atomic E-state index is -1.10. The van der Waals surface area contributed by atoms with Crippen molar-refractivity contribution < 1.29 is 19.4 Å². The highest BCUT2D eigenvalue weighted by Gasteiger charge is 2.24. The molecular formula is C11H16N2O4S. The molecule has 0 radical (unpaired) electrons. The van der Waals surface area contributed by atoms with Crippen LogP contribution in [0.1, 0.15) is 25.6 Å². The van der Waals surface area contributed by atoms with Gasteiger partial charge >= 0.3 is 12.1 Å². The maximum absolute atomic E-state index is 11.5. The number of aliphatic carboxylic acids is 1. The van der Waals surface area contributed by atoms with Crippen LogP contribution in [0.3, 0.4) is 0 Å². The van der Waals surface area contributed by atoms with Crippen LogP contribution in [0, 0.1) is 0 Å². The first-order valence-corrected chi connectivity index (χ1v) is 6.25. The van der Waals surface area contributed by atoms with Crippen LogP contribution in [0.4, 0.5) is 4.79 Å². The van der Waals surface area contributed by atoms with Crippen molar-refractivity contribution in [3.05, 3.63) is 16.6 Å². The molecule has 1 rings (SSSR count). The number of thiazole rings is 1. The van der Waals surface area contributed by atoms with Gasteiger partial charge in [-0.25, -0.2) is 9.59 Å². The number of aromatic nitrogens is 1. The summed E-state index contributed by atoms with van der Waals surface area (Å²) >= 11 is 1.34. The largest absolute Gasteiger partial charge is 0.480 e. The number of alkyl carbamates (subject to hydrolysis) is 1. The highest BCUT2D eigenvalue weighted by Crippen LogP contribution is 2.10. The SMILES string of the molecule is CC(C)(C)OC(=O)N[C@H](Cc1cncs1)C(=O)O. The van der Waals surface area contributed by atoms with E-state index in [9.17, 15) is 9.59 Å². The molecule has 0 spiro atoms. The van der Waals surface area contributed by atoms with Crippen molar-refractivity contribution in [2.24, 2.45) is 0 Å². The van der Waals surface area contributed by atoms with Crippen molar-refractivity contribution in [2.75, 3.05) is 0 Å². The lowest BCUT2D eigenvalue weighted by Crippen LogP contribution is -2.44. The molecule has 0 aliphatic rings. The first-order chi connectivity index (χ1) is 8.28. The van der Waals surface area contributed by atoms with Crippen LogP contribution in [0.25, 0.3) is 0 Å². The summed E-state index contributed by atoms with van der Waals surface area (Å²) in [5.41, 5.74) is 0.958. The van der Waals surface area contributed by atoms with Gasteiger partial charge in [0.05, 0.1) is 5.51 Å². The number of carboxylic acid groups (broad SMARTS) is 1. The van der Waals surface area contributed by atoms with E-state index in [1.807, 2.05) is 0 Å². The molecule has 1 heterocycles.